The predicted molar refractivity (Wildman–Crippen MR) is 130 cm³/mol. The zero-order chi connectivity index (χ0) is 24.5. The van der Waals surface area contributed by atoms with E-state index in [4.69, 9.17) is 4.74 Å². The van der Waals surface area contributed by atoms with Crippen LogP contribution in [0.15, 0.2) is 30.5 Å². The number of aromatic nitrogens is 2. The molecular formula is C25H32N6O4. The van der Waals surface area contributed by atoms with Crippen LogP contribution in [-0.2, 0) is 11.3 Å². The van der Waals surface area contributed by atoms with Crippen LogP contribution < -0.4 is 10.2 Å². The van der Waals surface area contributed by atoms with Crippen molar-refractivity contribution in [1.82, 2.24) is 19.8 Å². The Hall–Kier alpha value is -3.40. The van der Waals surface area contributed by atoms with E-state index in [1.165, 1.54) is 28.2 Å². The first-order valence-electron chi connectivity index (χ1n) is 12.2. The zero-order valence-electron chi connectivity index (χ0n) is 20.2. The van der Waals surface area contributed by atoms with Gasteiger partial charge >= 0.3 is 12.2 Å². The van der Waals surface area contributed by atoms with Gasteiger partial charge in [-0.2, -0.15) is 4.98 Å². The number of ether oxygens (including phenoxy) is 1. The Bertz CT molecular complexity index is 1080. The second-order valence-electron chi connectivity index (χ2n) is 9.69. The summed E-state index contributed by atoms with van der Waals surface area (Å²) in [5.41, 5.74) is 3.17. The average Bonchev–Trinajstić information content (AvgIpc) is 3.70. The first-order chi connectivity index (χ1) is 16.9. The van der Waals surface area contributed by atoms with Crippen molar-refractivity contribution in [3.05, 3.63) is 47.2 Å². The predicted octanol–water partition coefficient (Wildman–Crippen LogP) is 3.87. The Labute approximate surface area is 204 Å². The maximum absolute atomic E-state index is 11.8. The third-order valence-electron chi connectivity index (χ3n) is 7.23. The number of nitrogens with zero attached hydrogens (tertiary/aromatic N) is 5. The Morgan fingerprint density at radius 3 is 2.51 bits per heavy atom. The summed E-state index contributed by atoms with van der Waals surface area (Å²) in [5.74, 6) is 1.80. The van der Waals surface area contributed by atoms with E-state index in [1.54, 1.807) is 13.2 Å². The van der Waals surface area contributed by atoms with Crippen LogP contribution in [0.25, 0.3) is 0 Å². The SMILES string of the molecule is C[C@H](Nc1ncc2c(n1)N(C)C(=O)OC2)c1ccc(C(CC2CC2)N2CCN(C(=O)O)CC2)cc1. The van der Waals surface area contributed by atoms with Crippen molar-refractivity contribution >= 4 is 24.0 Å². The molecule has 10 nitrogen and oxygen atoms in total. The van der Waals surface area contributed by atoms with Gasteiger partial charge in [-0.25, -0.2) is 14.6 Å². The van der Waals surface area contributed by atoms with Crippen LogP contribution in [-0.4, -0.2) is 70.3 Å². The van der Waals surface area contributed by atoms with E-state index >= 15 is 0 Å². The summed E-state index contributed by atoms with van der Waals surface area (Å²) in [6.07, 6.45) is 4.14. The lowest BCUT2D eigenvalue weighted by molar-refractivity contribution is 0.0805. The summed E-state index contributed by atoms with van der Waals surface area (Å²) in [7, 11) is 1.64. The number of piperazine rings is 1. The van der Waals surface area contributed by atoms with E-state index in [2.05, 4.69) is 51.4 Å². The fourth-order valence-electron chi connectivity index (χ4n) is 4.86. The lowest BCUT2D eigenvalue weighted by Gasteiger charge is -2.38. The highest BCUT2D eigenvalue weighted by Crippen LogP contribution is 2.40. The molecule has 1 saturated carbocycles. The van der Waals surface area contributed by atoms with Gasteiger partial charge in [0.2, 0.25) is 5.95 Å². The normalized spacial score (nSPS) is 20.1. The van der Waals surface area contributed by atoms with Gasteiger partial charge in [-0.3, -0.25) is 9.80 Å². The van der Waals surface area contributed by atoms with Crippen molar-refractivity contribution in [2.75, 3.05) is 43.4 Å². The molecular weight excluding hydrogens is 448 g/mol. The van der Waals surface area contributed by atoms with Crippen molar-refractivity contribution in [2.24, 2.45) is 5.92 Å². The van der Waals surface area contributed by atoms with E-state index in [1.807, 2.05) is 0 Å². The maximum atomic E-state index is 11.8. The van der Waals surface area contributed by atoms with Crippen LogP contribution >= 0.6 is 0 Å². The Balaban J connectivity index is 1.26. The number of anilines is 2. The summed E-state index contributed by atoms with van der Waals surface area (Å²) < 4.78 is 5.08. The van der Waals surface area contributed by atoms with Crippen LogP contribution in [0.3, 0.4) is 0 Å². The van der Waals surface area contributed by atoms with Gasteiger partial charge in [0.25, 0.3) is 0 Å². The molecule has 186 valence electrons. The van der Waals surface area contributed by atoms with Crippen LogP contribution in [0, 0.1) is 5.92 Å². The molecule has 0 spiro atoms. The molecule has 1 aromatic heterocycles. The van der Waals surface area contributed by atoms with Crippen molar-refractivity contribution in [1.29, 1.82) is 0 Å². The molecule has 5 rings (SSSR count). The van der Waals surface area contributed by atoms with Gasteiger partial charge in [0, 0.05) is 45.5 Å². The molecule has 3 aliphatic rings. The summed E-state index contributed by atoms with van der Waals surface area (Å²) in [6, 6.07) is 8.97. The summed E-state index contributed by atoms with van der Waals surface area (Å²) in [5, 5.41) is 12.6. The van der Waals surface area contributed by atoms with E-state index in [-0.39, 0.29) is 12.6 Å². The molecule has 0 bridgehead atoms. The molecule has 2 aliphatic heterocycles. The molecule has 3 heterocycles. The number of fused-ring (bicyclic) bond motifs is 1. The second kappa shape index (κ2) is 9.69. The number of benzene rings is 1. The molecule has 1 unspecified atom stereocenters. The van der Waals surface area contributed by atoms with Gasteiger partial charge in [0.15, 0.2) is 0 Å². The zero-order valence-corrected chi connectivity index (χ0v) is 20.2. The molecule has 2 N–H and O–H groups in total. The summed E-state index contributed by atoms with van der Waals surface area (Å²) in [6.45, 7) is 4.89. The summed E-state index contributed by atoms with van der Waals surface area (Å²) in [4.78, 5) is 37.4. The molecule has 1 aromatic carbocycles. The molecule has 2 amide bonds. The lowest BCUT2D eigenvalue weighted by Crippen LogP contribution is -2.49. The minimum absolute atomic E-state index is 0.0241. The highest BCUT2D eigenvalue weighted by atomic mass is 16.6. The summed E-state index contributed by atoms with van der Waals surface area (Å²) >= 11 is 0. The molecule has 1 aliphatic carbocycles. The van der Waals surface area contributed by atoms with Crippen molar-refractivity contribution in [2.45, 2.75) is 44.9 Å². The molecule has 1 saturated heterocycles. The number of carboxylic acid groups (broad SMARTS) is 1. The van der Waals surface area contributed by atoms with E-state index in [0.717, 1.165) is 36.6 Å². The monoisotopic (exact) mass is 480 g/mol. The number of hydrogen-bond donors (Lipinski definition) is 2. The van der Waals surface area contributed by atoms with Crippen molar-refractivity contribution in [3.8, 4) is 0 Å². The third kappa shape index (κ3) is 5.17. The topological polar surface area (TPSA) is 111 Å². The molecule has 2 atom stereocenters. The van der Waals surface area contributed by atoms with E-state index < -0.39 is 12.2 Å². The van der Waals surface area contributed by atoms with Crippen molar-refractivity contribution < 1.29 is 19.4 Å². The fourth-order valence-corrected chi connectivity index (χ4v) is 4.86. The molecule has 0 radical (unpaired) electrons. The highest BCUT2D eigenvalue weighted by Gasteiger charge is 2.32. The molecule has 35 heavy (non-hydrogen) atoms. The van der Waals surface area contributed by atoms with Gasteiger partial charge in [0.05, 0.1) is 11.6 Å². The minimum Gasteiger partial charge on any atom is -0.465 e. The standard InChI is InChI=1S/C25H32N6O4/c1-16(27-23-26-14-20-15-35-25(34)29(2)22(20)28-23)18-5-7-19(8-6-18)21(13-17-3-4-17)30-9-11-31(12-10-30)24(32)33/h5-8,14,16-17,21H,3-4,9-13,15H2,1-2H3,(H,32,33)(H,26,27,28)/t16-,21?/m0/s1. The van der Waals surface area contributed by atoms with Crippen LogP contribution in [0.4, 0.5) is 21.4 Å². The number of hydrogen-bond acceptors (Lipinski definition) is 7. The smallest absolute Gasteiger partial charge is 0.415 e. The van der Waals surface area contributed by atoms with E-state index in [9.17, 15) is 14.7 Å². The molecule has 10 heteroatoms. The first-order valence-corrected chi connectivity index (χ1v) is 12.2. The van der Waals surface area contributed by atoms with Gasteiger partial charge in [-0.1, -0.05) is 37.1 Å². The quantitative estimate of drug-likeness (QED) is 0.614. The lowest BCUT2D eigenvalue weighted by atomic mass is 9.96. The van der Waals surface area contributed by atoms with Gasteiger partial charge in [-0.05, 0) is 30.4 Å². The minimum atomic E-state index is -0.830. The average molecular weight is 481 g/mol. The van der Waals surface area contributed by atoms with Gasteiger partial charge in [-0.15, -0.1) is 0 Å². The second-order valence-corrected chi connectivity index (χ2v) is 9.69. The van der Waals surface area contributed by atoms with E-state index in [0.29, 0.717) is 30.9 Å². The van der Waals surface area contributed by atoms with Gasteiger partial charge in [0.1, 0.15) is 12.4 Å². The molecule has 2 aromatic rings. The molecule has 2 fully saturated rings. The highest BCUT2D eigenvalue weighted by molar-refractivity contribution is 5.88. The Kier molecular flexibility index (Phi) is 6.46. The fraction of sp³-hybridized carbons (Fsp3) is 0.520. The Morgan fingerprint density at radius 2 is 1.86 bits per heavy atom. The number of carbonyl (C=O) groups is 2. The Morgan fingerprint density at radius 1 is 1.17 bits per heavy atom. The van der Waals surface area contributed by atoms with Gasteiger partial charge < -0.3 is 20.1 Å². The largest absolute Gasteiger partial charge is 0.465 e. The number of cyclic esters (lactones) is 1. The number of carbonyl (C=O) groups excluding carboxylic acids is 1. The number of rotatable bonds is 7. The number of nitrogens with one attached hydrogen (secondary N) is 1. The van der Waals surface area contributed by atoms with Crippen molar-refractivity contribution in [3.63, 3.8) is 0 Å². The van der Waals surface area contributed by atoms with Crippen LogP contribution in [0.5, 0.6) is 0 Å². The third-order valence-corrected chi connectivity index (χ3v) is 7.23. The number of amides is 2. The first kappa shape index (κ1) is 23.3. The maximum Gasteiger partial charge on any atom is 0.415 e. The van der Waals surface area contributed by atoms with Crippen LogP contribution in [0.2, 0.25) is 0 Å². The van der Waals surface area contributed by atoms with Crippen LogP contribution in [0.1, 0.15) is 55.0 Å².